The lowest BCUT2D eigenvalue weighted by Gasteiger charge is -2.04. The number of hydrogen-bond acceptors (Lipinski definition) is 3. The molecule has 2 N–H and O–H groups in total. The van der Waals surface area contributed by atoms with Crippen molar-refractivity contribution in [1.82, 2.24) is 9.78 Å². The van der Waals surface area contributed by atoms with Crippen molar-refractivity contribution >= 4 is 12.0 Å². The third-order valence-corrected chi connectivity index (χ3v) is 3.09. The van der Waals surface area contributed by atoms with Crippen molar-refractivity contribution in [3.05, 3.63) is 52.6 Å². The molecule has 2 rings (SSSR count). The Morgan fingerprint density at radius 1 is 1.38 bits per heavy atom. The number of amides is 1. The highest BCUT2D eigenvalue weighted by atomic mass is 19.1. The average Bonchev–Trinajstić information content (AvgIpc) is 2.72. The smallest absolute Gasteiger partial charge is 0.259 e. The lowest BCUT2D eigenvalue weighted by molar-refractivity contribution is -0.114. The first-order valence-electron chi connectivity index (χ1n) is 6.17. The van der Waals surface area contributed by atoms with Crippen molar-refractivity contribution in [3.8, 4) is 11.8 Å². The van der Waals surface area contributed by atoms with E-state index in [1.807, 2.05) is 0 Å². The number of nitrogens with two attached hydrogens (primary N) is 1. The Morgan fingerprint density at radius 3 is 2.52 bits per heavy atom. The molecule has 5 nitrogen and oxygen atoms in total. The van der Waals surface area contributed by atoms with Gasteiger partial charge in [0.15, 0.2) is 0 Å². The topological polar surface area (TPSA) is 84.7 Å². The van der Waals surface area contributed by atoms with Gasteiger partial charge in [0.1, 0.15) is 17.5 Å². The number of aryl methyl sites for hydroxylation is 1. The van der Waals surface area contributed by atoms with Gasteiger partial charge in [0.2, 0.25) is 0 Å². The van der Waals surface area contributed by atoms with Crippen LogP contribution in [0, 0.1) is 31.0 Å². The zero-order valence-electron chi connectivity index (χ0n) is 11.6. The molecule has 0 bridgehead atoms. The molecule has 106 valence electrons. The van der Waals surface area contributed by atoms with Gasteiger partial charge in [0.05, 0.1) is 11.4 Å². The van der Waals surface area contributed by atoms with Gasteiger partial charge in [-0.15, -0.1) is 0 Å². The van der Waals surface area contributed by atoms with Crippen LogP contribution in [0.3, 0.4) is 0 Å². The minimum Gasteiger partial charge on any atom is -0.365 e. The Morgan fingerprint density at radius 2 is 2.00 bits per heavy atom. The predicted molar refractivity (Wildman–Crippen MR) is 75.8 cm³/mol. The van der Waals surface area contributed by atoms with Crippen molar-refractivity contribution in [2.24, 2.45) is 5.73 Å². The van der Waals surface area contributed by atoms with E-state index in [1.165, 1.54) is 18.2 Å². The summed E-state index contributed by atoms with van der Waals surface area (Å²) in [5.41, 5.74) is 7.70. The molecular formula is C15H13FN4O. The van der Waals surface area contributed by atoms with Gasteiger partial charge < -0.3 is 5.73 Å². The molecule has 1 aromatic heterocycles. The SMILES string of the molecule is Cc1nn(-c2ccc(F)cc2)c(C)c1/C=C(\C#N)C(N)=O. The van der Waals surface area contributed by atoms with E-state index in [2.05, 4.69) is 5.10 Å². The minimum atomic E-state index is -0.786. The van der Waals surface area contributed by atoms with Crippen LogP contribution in [0.25, 0.3) is 11.8 Å². The van der Waals surface area contributed by atoms with E-state index >= 15 is 0 Å². The van der Waals surface area contributed by atoms with E-state index in [1.54, 1.807) is 36.7 Å². The fraction of sp³-hybridized carbons (Fsp3) is 0.133. The maximum Gasteiger partial charge on any atom is 0.259 e. The Labute approximate surface area is 121 Å². The molecule has 21 heavy (non-hydrogen) atoms. The van der Waals surface area contributed by atoms with Gasteiger partial charge in [0.25, 0.3) is 5.91 Å². The highest BCUT2D eigenvalue weighted by molar-refractivity contribution is 6.00. The zero-order valence-corrected chi connectivity index (χ0v) is 11.6. The van der Waals surface area contributed by atoms with Crippen LogP contribution in [-0.2, 0) is 4.79 Å². The van der Waals surface area contributed by atoms with Crippen molar-refractivity contribution in [2.75, 3.05) is 0 Å². The molecule has 6 heteroatoms. The van der Waals surface area contributed by atoms with Crippen LogP contribution < -0.4 is 5.73 Å². The highest BCUT2D eigenvalue weighted by Crippen LogP contribution is 2.20. The first-order chi connectivity index (χ1) is 9.93. The quantitative estimate of drug-likeness (QED) is 0.691. The van der Waals surface area contributed by atoms with Crippen LogP contribution in [0.5, 0.6) is 0 Å². The number of benzene rings is 1. The van der Waals surface area contributed by atoms with Crippen LogP contribution in [0.2, 0.25) is 0 Å². The molecule has 1 heterocycles. The zero-order chi connectivity index (χ0) is 15.6. The van der Waals surface area contributed by atoms with Crippen LogP contribution in [-0.4, -0.2) is 15.7 Å². The number of aromatic nitrogens is 2. The summed E-state index contributed by atoms with van der Waals surface area (Å²) >= 11 is 0. The Balaban J connectivity index is 2.55. The number of halogens is 1. The normalized spacial score (nSPS) is 11.2. The average molecular weight is 284 g/mol. The van der Waals surface area contributed by atoms with Crippen LogP contribution >= 0.6 is 0 Å². The second-order valence-corrected chi connectivity index (χ2v) is 4.51. The molecule has 1 aromatic carbocycles. The molecule has 0 aliphatic heterocycles. The number of nitrogens with zero attached hydrogens (tertiary/aromatic N) is 3. The molecule has 1 amide bonds. The number of carbonyl (C=O) groups is 1. The van der Waals surface area contributed by atoms with Gasteiger partial charge in [-0.25, -0.2) is 9.07 Å². The molecule has 0 unspecified atom stereocenters. The van der Waals surface area contributed by atoms with Gasteiger partial charge in [-0.1, -0.05) is 0 Å². The van der Waals surface area contributed by atoms with Crippen LogP contribution in [0.15, 0.2) is 29.8 Å². The predicted octanol–water partition coefficient (Wildman–Crippen LogP) is 2.02. The van der Waals surface area contributed by atoms with Crippen LogP contribution in [0.4, 0.5) is 4.39 Å². The van der Waals surface area contributed by atoms with Crippen molar-refractivity contribution in [3.63, 3.8) is 0 Å². The number of rotatable bonds is 3. The number of hydrogen-bond donors (Lipinski definition) is 1. The number of carbonyl (C=O) groups excluding carboxylic acids is 1. The largest absolute Gasteiger partial charge is 0.365 e. The molecule has 0 fully saturated rings. The fourth-order valence-corrected chi connectivity index (χ4v) is 2.00. The monoisotopic (exact) mass is 284 g/mol. The van der Waals surface area contributed by atoms with Gasteiger partial charge >= 0.3 is 0 Å². The summed E-state index contributed by atoms with van der Waals surface area (Å²) in [5.74, 6) is -1.12. The highest BCUT2D eigenvalue weighted by Gasteiger charge is 2.13. The molecule has 0 saturated carbocycles. The summed E-state index contributed by atoms with van der Waals surface area (Å²) in [6, 6.07) is 7.64. The molecule has 0 atom stereocenters. The summed E-state index contributed by atoms with van der Waals surface area (Å²) in [5, 5.41) is 13.3. The molecule has 0 aliphatic carbocycles. The second-order valence-electron chi connectivity index (χ2n) is 4.51. The first-order valence-corrected chi connectivity index (χ1v) is 6.17. The summed E-state index contributed by atoms with van der Waals surface area (Å²) in [7, 11) is 0. The van der Waals surface area contributed by atoms with Gasteiger partial charge in [-0.3, -0.25) is 4.79 Å². The van der Waals surface area contributed by atoms with E-state index in [0.717, 1.165) is 5.69 Å². The van der Waals surface area contributed by atoms with Crippen molar-refractivity contribution < 1.29 is 9.18 Å². The van der Waals surface area contributed by atoms with Crippen molar-refractivity contribution in [2.45, 2.75) is 13.8 Å². The minimum absolute atomic E-state index is 0.139. The Bertz CT molecular complexity index is 766. The van der Waals surface area contributed by atoms with Gasteiger partial charge in [-0.05, 0) is 44.2 Å². The van der Waals surface area contributed by atoms with E-state index in [9.17, 15) is 9.18 Å². The lowest BCUT2D eigenvalue weighted by Crippen LogP contribution is -2.12. The fourth-order valence-electron chi connectivity index (χ4n) is 2.00. The van der Waals surface area contributed by atoms with Gasteiger partial charge in [-0.2, -0.15) is 10.4 Å². The molecule has 0 saturated heterocycles. The Hall–Kier alpha value is -2.94. The summed E-state index contributed by atoms with van der Waals surface area (Å²) in [6.07, 6.45) is 1.42. The third kappa shape index (κ3) is 2.82. The standard InChI is InChI=1S/C15H13FN4O/c1-9-14(7-11(8-17)15(18)21)10(2)20(19-9)13-5-3-12(16)4-6-13/h3-7H,1-2H3,(H2,18,21)/b11-7+. The summed E-state index contributed by atoms with van der Waals surface area (Å²) in [4.78, 5) is 11.1. The second kappa shape index (κ2) is 5.59. The molecule has 0 radical (unpaired) electrons. The van der Waals surface area contributed by atoms with Crippen LogP contribution in [0.1, 0.15) is 17.0 Å². The number of nitriles is 1. The maximum atomic E-state index is 13.0. The third-order valence-electron chi connectivity index (χ3n) is 3.09. The molecule has 0 spiro atoms. The first kappa shape index (κ1) is 14.5. The number of primary amides is 1. The Kier molecular flexibility index (Phi) is 3.85. The summed E-state index contributed by atoms with van der Waals surface area (Å²) < 4.78 is 14.6. The van der Waals surface area contributed by atoms with Gasteiger partial charge in [0, 0.05) is 11.3 Å². The van der Waals surface area contributed by atoms with E-state index < -0.39 is 5.91 Å². The van der Waals surface area contributed by atoms with E-state index in [4.69, 9.17) is 11.0 Å². The molecule has 0 aliphatic rings. The molecule has 2 aromatic rings. The van der Waals surface area contributed by atoms with E-state index in [0.29, 0.717) is 16.9 Å². The maximum absolute atomic E-state index is 13.0. The summed E-state index contributed by atoms with van der Waals surface area (Å²) in [6.45, 7) is 3.56. The van der Waals surface area contributed by atoms with Crippen molar-refractivity contribution in [1.29, 1.82) is 5.26 Å². The van der Waals surface area contributed by atoms with E-state index in [-0.39, 0.29) is 11.4 Å². The molecular weight excluding hydrogens is 271 g/mol. The lowest BCUT2D eigenvalue weighted by atomic mass is 10.1.